The fourth-order valence-electron chi connectivity index (χ4n) is 4.33. The van der Waals surface area contributed by atoms with E-state index in [2.05, 4.69) is 43.6 Å². The number of piperazine rings is 1. The van der Waals surface area contributed by atoms with Gasteiger partial charge in [-0.2, -0.15) is 5.26 Å². The van der Waals surface area contributed by atoms with Gasteiger partial charge in [0.2, 0.25) is 0 Å². The van der Waals surface area contributed by atoms with E-state index in [1.165, 1.54) is 32.2 Å². The fourth-order valence-corrected chi connectivity index (χ4v) is 4.33. The third-order valence-electron chi connectivity index (χ3n) is 5.75. The summed E-state index contributed by atoms with van der Waals surface area (Å²) in [6.07, 6.45) is 6.20. The predicted octanol–water partition coefficient (Wildman–Crippen LogP) is 3.51. The highest BCUT2D eigenvalue weighted by Crippen LogP contribution is 2.33. The zero-order valence-corrected chi connectivity index (χ0v) is 14.4. The van der Waals surface area contributed by atoms with Crippen molar-refractivity contribution in [3.8, 4) is 6.07 Å². The van der Waals surface area contributed by atoms with Gasteiger partial charge in [0.15, 0.2) is 0 Å². The van der Waals surface area contributed by atoms with Crippen molar-refractivity contribution in [2.45, 2.75) is 77.9 Å². The van der Waals surface area contributed by atoms with Crippen LogP contribution in [0.4, 0.5) is 0 Å². The van der Waals surface area contributed by atoms with Crippen LogP contribution < -0.4 is 0 Å². The molecule has 0 spiro atoms. The predicted molar refractivity (Wildman–Crippen MR) is 88.0 cm³/mol. The van der Waals surface area contributed by atoms with Gasteiger partial charge in [0.05, 0.1) is 12.5 Å². The summed E-state index contributed by atoms with van der Waals surface area (Å²) >= 11 is 0. The van der Waals surface area contributed by atoms with Gasteiger partial charge in [0.1, 0.15) is 0 Å². The number of nitrogens with zero attached hydrogens (tertiary/aromatic N) is 3. The van der Waals surface area contributed by atoms with E-state index in [1.807, 2.05) is 0 Å². The normalized spacial score (nSPS) is 32.5. The van der Waals surface area contributed by atoms with E-state index in [-0.39, 0.29) is 0 Å². The number of hydrogen-bond acceptors (Lipinski definition) is 3. The van der Waals surface area contributed by atoms with Gasteiger partial charge in [-0.25, -0.2) is 0 Å². The molecule has 0 aromatic rings. The Bertz CT molecular complexity index is 350. The molecule has 1 aliphatic heterocycles. The Labute approximate surface area is 131 Å². The zero-order chi connectivity index (χ0) is 15.4. The van der Waals surface area contributed by atoms with Gasteiger partial charge in [-0.3, -0.25) is 9.80 Å². The molecule has 1 heterocycles. The third-order valence-corrected chi connectivity index (χ3v) is 5.75. The van der Waals surface area contributed by atoms with Gasteiger partial charge in [0, 0.05) is 37.8 Å². The van der Waals surface area contributed by atoms with E-state index in [0.29, 0.717) is 18.5 Å². The van der Waals surface area contributed by atoms with Crippen LogP contribution in [0.5, 0.6) is 0 Å². The van der Waals surface area contributed by atoms with Crippen LogP contribution in [0.15, 0.2) is 0 Å². The van der Waals surface area contributed by atoms with Crippen LogP contribution in [-0.4, -0.2) is 47.6 Å². The van der Waals surface area contributed by atoms with Gasteiger partial charge >= 0.3 is 0 Å². The molecule has 0 amide bonds. The molecule has 3 nitrogen and oxygen atoms in total. The van der Waals surface area contributed by atoms with Gasteiger partial charge in [-0.15, -0.1) is 0 Å². The molecule has 0 radical (unpaired) electrons. The molecule has 1 saturated heterocycles. The SMILES string of the molecule is CC(C)C1CCC(N2CCN(C(C)C)[C@H](CC#N)C2)CC1. The molecule has 3 heteroatoms. The lowest BCUT2D eigenvalue weighted by Crippen LogP contribution is -2.58. The number of nitriles is 1. The quantitative estimate of drug-likeness (QED) is 0.794. The van der Waals surface area contributed by atoms with Gasteiger partial charge < -0.3 is 0 Å². The van der Waals surface area contributed by atoms with E-state index >= 15 is 0 Å². The lowest BCUT2D eigenvalue weighted by atomic mass is 9.79. The highest BCUT2D eigenvalue weighted by molar-refractivity contribution is 4.93. The molecule has 0 N–H and O–H groups in total. The van der Waals surface area contributed by atoms with E-state index in [4.69, 9.17) is 5.26 Å². The summed E-state index contributed by atoms with van der Waals surface area (Å²) in [7, 11) is 0. The van der Waals surface area contributed by atoms with Crippen LogP contribution in [0.25, 0.3) is 0 Å². The lowest BCUT2D eigenvalue weighted by molar-refractivity contribution is 0.0153. The molecule has 2 fully saturated rings. The Kier molecular flexibility index (Phi) is 6.08. The van der Waals surface area contributed by atoms with E-state index < -0.39 is 0 Å². The summed E-state index contributed by atoms with van der Waals surface area (Å²) < 4.78 is 0. The van der Waals surface area contributed by atoms with Crippen molar-refractivity contribution < 1.29 is 0 Å². The molecule has 0 aromatic carbocycles. The molecule has 21 heavy (non-hydrogen) atoms. The minimum Gasteiger partial charge on any atom is -0.298 e. The molecule has 1 atom stereocenters. The molecule has 2 rings (SSSR count). The summed E-state index contributed by atoms with van der Waals surface area (Å²) in [5.74, 6) is 1.78. The first-order valence-corrected chi connectivity index (χ1v) is 8.89. The number of rotatable bonds is 4. The van der Waals surface area contributed by atoms with Crippen LogP contribution in [0, 0.1) is 23.2 Å². The molecule has 120 valence electrons. The summed E-state index contributed by atoms with van der Waals surface area (Å²) in [6.45, 7) is 12.7. The van der Waals surface area contributed by atoms with Crippen molar-refractivity contribution in [1.29, 1.82) is 5.26 Å². The Morgan fingerprint density at radius 2 is 1.71 bits per heavy atom. The topological polar surface area (TPSA) is 30.3 Å². The molecule has 0 unspecified atom stereocenters. The summed E-state index contributed by atoms with van der Waals surface area (Å²) in [5, 5.41) is 9.12. The van der Waals surface area contributed by atoms with Gasteiger partial charge in [-0.1, -0.05) is 13.8 Å². The molecule has 1 aliphatic carbocycles. The fraction of sp³-hybridized carbons (Fsp3) is 0.944. The Morgan fingerprint density at radius 3 is 2.24 bits per heavy atom. The zero-order valence-electron chi connectivity index (χ0n) is 14.4. The minimum atomic E-state index is 0.437. The Balaban J connectivity index is 1.89. The summed E-state index contributed by atoms with van der Waals surface area (Å²) in [6, 6.07) is 4.17. The average Bonchev–Trinajstić information content (AvgIpc) is 2.47. The largest absolute Gasteiger partial charge is 0.298 e. The highest BCUT2D eigenvalue weighted by Gasteiger charge is 2.33. The van der Waals surface area contributed by atoms with E-state index in [9.17, 15) is 0 Å². The Hall–Kier alpha value is -0.590. The Morgan fingerprint density at radius 1 is 1.05 bits per heavy atom. The molecular formula is C18H33N3. The second kappa shape index (κ2) is 7.61. The third kappa shape index (κ3) is 4.20. The van der Waals surface area contributed by atoms with Gasteiger partial charge in [-0.05, 0) is 51.4 Å². The van der Waals surface area contributed by atoms with E-state index in [0.717, 1.165) is 31.0 Å². The monoisotopic (exact) mass is 291 g/mol. The van der Waals surface area contributed by atoms with Crippen molar-refractivity contribution in [1.82, 2.24) is 9.80 Å². The molecule has 0 bridgehead atoms. The van der Waals surface area contributed by atoms with Crippen molar-refractivity contribution in [2.75, 3.05) is 19.6 Å². The first-order valence-electron chi connectivity index (χ1n) is 8.89. The summed E-state index contributed by atoms with van der Waals surface area (Å²) in [5.41, 5.74) is 0. The first-order chi connectivity index (χ1) is 10.0. The second-order valence-corrected chi connectivity index (χ2v) is 7.66. The van der Waals surface area contributed by atoms with Crippen LogP contribution >= 0.6 is 0 Å². The van der Waals surface area contributed by atoms with Crippen molar-refractivity contribution >= 4 is 0 Å². The van der Waals surface area contributed by atoms with Crippen molar-refractivity contribution in [3.63, 3.8) is 0 Å². The lowest BCUT2D eigenvalue weighted by Gasteiger charge is -2.47. The van der Waals surface area contributed by atoms with Crippen molar-refractivity contribution in [2.24, 2.45) is 11.8 Å². The maximum absolute atomic E-state index is 9.12. The van der Waals surface area contributed by atoms with Gasteiger partial charge in [0.25, 0.3) is 0 Å². The average molecular weight is 291 g/mol. The highest BCUT2D eigenvalue weighted by atomic mass is 15.3. The van der Waals surface area contributed by atoms with Crippen molar-refractivity contribution in [3.05, 3.63) is 0 Å². The van der Waals surface area contributed by atoms with Crippen LogP contribution in [0.2, 0.25) is 0 Å². The number of hydrogen-bond donors (Lipinski definition) is 0. The van der Waals surface area contributed by atoms with Crippen LogP contribution in [0.1, 0.15) is 59.8 Å². The van der Waals surface area contributed by atoms with Crippen LogP contribution in [0.3, 0.4) is 0 Å². The maximum atomic E-state index is 9.12. The second-order valence-electron chi connectivity index (χ2n) is 7.66. The summed E-state index contributed by atoms with van der Waals surface area (Å²) in [4.78, 5) is 5.22. The molecule has 0 aromatic heterocycles. The smallest absolute Gasteiger partial charge is 0.0638 e. The maximum Gasteiger partial charge on any atom is 0.0638 e. The molecule has 1 saturated carbocycles. The molecular weight excluding hydrogens is 258 g/mol. The minimum absolute atomic E-state index is 0.437. The van der Waals surface area contributed by atoms with E-state index in [1.54, 1.807) is 0 Å². The molecule has 2 aliphatic rings. The first kappa shape index (κ1) is 16.8. The van der Waals surface area contributed by atoms with Crippen LogP contribution in [-0.2, 0) is 0 Å². The standard InChI is InChI=1S/C18H33N3/c1-14(2)16-5-7-17(8-6-16)20-11-12-21(15(3)4)18(13-20)9-10-19/h14-18H,5-9,11-13H2,1-4H3/t16?,17?,18-/m1/s1.